The monoisotopic (exact) mass is 1110 g/mol. The number of amides is 9. The van der Waals surface area contributed by atoms with E-state index in [-0.39, 0.29) is 88.8 Å². The normalized spacial score (nSPS) is 15.0. The van der Waals surface area contributed by atoms with Crippen molar-refractivity contribution in [1.29, 1.82) is 0 Å². The number of carbonyl (C=O) groups is 10. The standard InChI is InChI=1S/C50H87N15O13/c1-27(2)22-31(53)41(69)61-35(23-28(3)4)45(73)60-34(18-13-21-57-50(55)56)42(70)58-33(17-10-12-20-52)44(72)64-38(26-66)47(75)65-40(29(5)67)48(76)62-36(24-30-14-7-6-8-15-30)46(74)59-32(16-9-11-19-51)43(71)63-37(49(77)78)25-39(54)68/h6-8,14-15,27-29,31-38,40,66-67H,9-13,16-26,51-53H2,1-5H3,(H2,54,68)(H,58,70)(H,59,74)(H,60,73)(H,61,69)(H,62,76)(H,63,71)(H,64,72)(H,65,75)(H,77,78)(H4,55,56,57)/t29-,31+,32+,33+,34+,35+,36+,37+,38+,40+/m1/s1. The number of hydrogen-bond acceptors (Lipinski definition) is 16. The van der Waals surface area contributed by atoms with E-state index in [9.17, 15) is 63.3 Å². The van der Waals surface area contributed by atoms with E-state index < -0.39 is 133 Å². The molecule has 28 nitrogen and oxygen atoms in total. The van der Waals surface area contributed by atoms with Crippen LogP contribution in [-0.4, -0.2) is 167 Å². The summed E-state index contributed by atoms with van der Waals surface area (Å²) >= 11 is 0. The number of aliphatic imine (C=N–C) groups is 1. The van der Waals surface area contributed by atoms with Crippen LogP contribution in [0, 0.1) is 11.8 Å². The van der Waals surface area contributed by atoms with Crippen LogP contribution in [0.2, 0.25) is 0 Å². The third-order valence-electron chi connectivity index (χ3n) is 12.0. The Morgan fingerprint density at radius 2 is 0.949 bits per heavy atom. The molecule has 0 radical (unpaired) electrons. The van der Waals surface area contributed by atoms with Gasteiger partial charge in [0.05, 0.1) is 25.2 Å². The number of nitrogens with one attached hydrogen (secondary N) is 8. The summed E-state index contributed by atoms with van der Waals surface area (Å²) in [5.74, 6) is -10.1. The van der Waals surface area contributed by atoms with Gasteiger partial charge in [-0.3, -0.25) is 48.1 Å². The zero-order valence-corrected chi connectivity index (χ0v) is 45.5. The molecule has 28 heteroatoms. The Morgan fingerprint density at radius 1 is 0.526 bits per heavy atom. The SMILES string of the molecule is CC(C)C[C@H](NC(=O)[C@@H](N)CC(C)C)C(=O)N[C@@H](CCCN=C(N)N)C(=O)N[C@@H](CCCCN)C(=O)N[C@@H](CO)C(=O)N[C@H](C(=O)N[C@@H](Cc1ccccc1)C(=O)N[C@@H](CCCCN)C(=O)N[C@@H](CC(N)=O)C(=O)O)[C@@H](C)O. The van der Waals surface area contributed by atoms with Crippen LogP contribution in [0.4, 0.5) is 0 Å². The number of carboxylic acids is 1. The van der Waals surface area contributed by atoms with Gasteiger partial charge < -0.3 is 92.3 Å². The van der Waals surface area contributed by atoms with Crippen molar-refractivity contribution in [2.45, 2.75) is 172 Å². The topological polar surface area (TPSA) is 496 Å². The van der Waals surface area contributed by atoms with Gasteiger partial charge in [-0.25, -0.2) is 4.79 Å². The summed E-state index contributed by atoms with van der Waals surface area (Å²) in [5.41, 5.74) is 34.1. The lowest BCUT2D eigenvalue weighted by atomic mass is 10.00. The highest BCUT2D eigenvalue weighted by Gasteiger charge is 2.36. The number of aliphatic carboxylic acids is 1. The van der Waals surface area contributed by atoms with Gasteiger partial charge in [-0.2, -0.15) is 0 Å². The van der Waals surface area contributed by atoms with Crippen LogP contribution in [0.15, 0.2) is 35.3 Å². The van der Waals surface area contributed by atoms with Crippen LogP contribution in [0.1, 0.15) is 111 Å². The molecule has 0 fully saturated rings. The number of hydrogen-bond donors (Lipinski definition) is 17. The molecule has 0 saturated heterocycles. The average molecular weight is 1110 g/mol. The van der Waals surface area contributed by atoms with Crippen molar-refractivity contribution < 1.29 is 63.3 Å². The second kappa shape index (κ2) is 36.9. The molecule has 1 aromatic carbocycles. The average Bonchev–Trinajstić information content (AvgIpc) is 3.36. The fourth-order valence-corrected chi connectivity index (χ4v) is 7.83. The molecule has 1 aromatic rings. The van der Waals surface area contributed by atoms with E-state index in [1.54, 1.807) is 30.3 Å². The molecule has 10 atom stereocenters. The van der Waals surface area contributed by atoms with Crippen LogP contribution in [0.25, 0.3) is 0 Å². The molecule has 0 unspecified atom stereocenters. The molecule has 0 heterocycles. The third kappa shape index (κ3) is 27.3. The number of guanidine groups is 1. The first-order chi connectivity index (χ1) is 36.7. The lowest BCUT2D eigenvalue weighted by Crippen LogP contribution is -2.62. The number of carboxylic acid groups (broad SMARTS) is 1. The van der Waals surface area contributed by atoms with Crippen LogP contribution in [0.3, 0.4) is 0 Å². The Morgan fingerprint density at radius 3 is 1.38 bits per heavy atom. The molecule has 440 valence electrons. The second-order valence-electron chi connectivity index (χ2n) is 19.9. The number of rotatable bonds is 39. The maximum atomic E-state index is 14.1. The molecule has 0 aromatic heterocycles. The molecule has 1 rings (SSSR count). The number of nitrogens with two attached hydrogens (primary N) is 6. The summed E-state index contributed by atoms with van der Waals surface area (Å²) in [7, 11) is 0. The smallest absolute Gasteiger partial charge is 0.326 e. The molecule has 0 aliphatic heterocycles. The third-order valence-corrected chi connectivity index (χ3v) is 12.0. The van der Waals surface area contributed by atoms with Crippen molar-refractivity contribution in [2.24, 2.45) is 51.2 Å². The van der Waals surface area contributed by atoms with E-state index in [0.29, 0.717) is 24.8 Å². The summed E-state index contributed by atoms with van der Waals surface area (Å²) < 4.78 is 0. The lowest BCUT2D eigenvalue weighted by molar-refractivity contribution is -0.144. The zero-order valence-electron chi connectivity index (χ0n) is 45.5. The number of aliphatic hydroxyl groups is 2. The van der Waals surface area contributed by atoms with Crippen molar-refractivity contribution in [3.8, 4) is 0 Å². The van der Waals surface area contributed by atoms with Gasteiger partial charge in [0, 0.05) is 13.0 Å². The lowest BCUT2D eigenvalue weighted by Gasteiger charge is -2.28. The van der Waals surface area contributed by atoms with E-state index in [0.717, 1.165) is 6.92 Å². The molecular weight excluding hydrogens is 1020 g/mol. The fourth-order valence-electron chi connectivity index (χ4n) is 7.83. The number of primary amides is 1. The van der Waals surface area contributed by atoms with Gasteiger partial charge in [-0.1, -0.05) is 58.0 Å². The second-order valence-corrected chi connectivity index (χ2v) is 19.9. The van der Waals surface area contributed by atoms with Crippen molar-refractivity contribution in [1.82, 2.24) is 42.5 Å². The quantitative estimate of drug-likeness (QED) is 0.0167. The van der Waals surface area contributed by atoms with Crippen molar-refractivity contribution in [2.75, 3.05) is 26.2 Å². The van der Waals surface area contributed by atoms with Gasteiger partial charge >= 0.3 is 5.97 Å². The number of nitrogens with zero attached hydrogens (tertiary/aromatic N) is 1. The van der Waals surface area contributed by atoms with Gasteiger partial charge in [0.2, 0.25) is 53.2 Å². The van der Waals surface area contributed by atoms with Crippen molar-refractivity contribution in [3.63, 3.8) is 0 Å². The minimum absolute atomic E-state index is 0.0460. The van der Waals surface area contributed by atoms with E-state index >= 15 is 0 Å². The minimum atomic E-state index is -1.85. The maximum absolute atomic E-state index is 14.1. The van der Waals surface area contributed by atoms with Gasteiger partial charge in [0.15, 0.2) is 5.96 Å². The van der Waals surface area contributed by atoms with Gasteiger partial charge in [-0.15, -0.1) is 0 Å². The highest BCUT2D eigenvalue weighted by molar-refractivity contribution is 5.98. The molecule has 0 aliphatic rings. The summed E-state index contributed by atoms with van der Waals surface area (Å²) in [5, 5.41) is 50.7. The molecule has 78 heavy (non-hydrogen) atoms. The van der Waals surface area contributed by atoms with Crippen LogP contribution >= 0.6 is 0 Å². The Bertz CT molecular complexity index is 2130. The van der Waals surface area contributed by atoms with E-state index in [2.05, 4.69) is 47.5 Å². The predicted octanol–water partition coefficient (Wildman–Crippen LogP) is -4.83. The summed E-state index contributed by atoms with van der Waals surface area (Å²) in [6, 6.07) is -4.75. The first kappa shape index (κ1) is 69.0. The minimum Gasteiger partial charge on any atom is -0.480 e. The largest absolute Gasteiger partial charge is 0.480 e. The van der Waals surface area contributed by atoms with Gasteiger partial charge in [0.1, 0.15) is 48.3 Å². The predicted molar refractivity (Wildman–Crippen MR) is 288 cm³/mol. The Hall–Kier alpha value is -7.01. The molecule has 0 saturated carbocycles. The highest BCUT2D eigenvalue weighted by atomic mass is 16.4. The zero-order chi connectivity index (χ0) is 59.1. The highest BCUT2D eigenvalue weighted by Crippen LogP contribution is 2.12. The van der Waals surface area contributed by atoms with Crippen molar-refractivity contribution in [3.05, 3.63) is 35.9 Å². The molecule has 0 bridgehead atoms. The summed E-state index contributed by atoms with van der Waals surface area (Å²) in [6.07, 6.45) is -0.694. The van der Waals surface area contributed by atoms with Crippen LogP contribution in [-0.2, 0) is 54.4 Å². The maximum Gasteiger partial charge on any atom is 0.326 e. The number of aliphatic hydroxyl groups excluding tert-OH is 2. The summed E-state index contributed by atoms with van der Waals surface area (Å²) in [4.78, 5) is 138. The Labute approximate surface area is 455 Å². The molecular formula is C50H87N15O13. The number of unbranched alkanes of at least 4 members (excludes halogenated alkanes) is 2. The van der Waals surface area contributed by atoms with Crippen LogP contribution in [0.5, 0.6) is 0 Å². The first-order valence-corrected chi connectivity index (χ1v) is 26.2. The van der Waals surface area contributed by atoms with E-state index in [1.165, 1.54) is 0 Å². The Balaban J connectivity index is 3.50. The molecule has 0 spiro atoms. The van der Waals surface area contributed by atoms with Gasteiger partial charge in [0.25, 0.3) is 0 Å². The fraction of sp³-hybridized carbons (Fsp3) is 0.660. The summed E-state index contributed by atoms with van der Waals surface area (Å²) in [6.45, 7) is 8.03. The molecule has 0 aliphatic carbocycles. The molecule has 9 amide bonds. The molecule has 23 N–H and O–H groups in total. The number of benzene rings is 1. The van der Waals surface area contributed by atoms with Crippen LogP contribution < -0.4 is 76.9 Å². The number of carbonyl (C=O) groups excluding carboxylic acids is 9. The van der Waals surface area contributed by atoms with E-state index in [1.807, 2.05) is 27.7 Å². The van der Waals surface area contributed by atoms with Gasteiger partial charge in [-0.05, 0) is 102 Å². The van der Waals surface area contributed by atoms with Crippen molar-refractivity contribution >= 4 is 65.1 Å². The van der Waals surface area contributed by atoms with E-state index in [4.69, 9.17) is 34.4 Å². The Kier molecular flexibility index (Phi) is 32.7. The first-order valence-electron chi connectivity index (χ1n) is 26.2.